The number of hydrogen-bond acceptors (Lipinski definition) is 2. The molecule has 0 atom stereocenters. The van der Waals surface area contributed by atoms with Crippen LogP contribution in [0.15, 0.2) is 36.8 Å². The number of benzene rings is 1. The summed E-state index contributed by atoms with van der Waals surface area (Å²) in [7, 11) is 0. The van der Waals surface area contributed by atoms with Crippen molar-refractivity contribution in [2.75, 3.05) is 6.54 Å². The maximum atomic E-state index is 4.28. The zero-order valence-electron chi connectivity index (χ0n) is 13.6. The lowest BCUT2D eigenvalue weighted by Crippen LogP contribution is -2.20. The lowest BCUT2D eigenvalue weighted by Gasteiger charge is -2.11. The summed E-state index contributed by atoms with van der Waals surface area (Å²) in [4.78, 5) is 4.28. The third-order valence-electron chi connectivity index (χ3n) is 3.66. The Morgan fingerprint density at radius 3 is 2.43 bits per heavy atom. The Hall–Kier alpha value is -1.61. The maximum Gasteiger partial charge on any atom is 0.0951 e. The van der Waals surface area contributed by atoms with E-state index in [1.54, 1.807) is 0 Å². The van der Waals surface area contributed by atoms with E-state index < -0.39 is 0 Å². The monoisotopic (exact) mass is 285 g/mol. The SMILES string of the molecule is CC(C)CNCc1cncn1Cc1ccc(C(C)C)cc1. The second kappa shape index (κ2) is 7.41. The molecule has 3 heteroatoms. The van der Waals surface area contributed by atoms with Gasteiger partial charge in [0.2, 0.25) is 0 Å². The first kappa shape index (κ1) is 15.8. The Morgan fingerprint density at radius 2 is 1.81 bits per heavy atom. The number of nitrogens with one attached hydrogen (secondary N) is 1. The number of aromatic nitrogens is 2. The van der Waals surface area contributed by atoms with Gasteiger partial charge in [-0.1, -0.05) is 52.0 Å². The van der Waals surface area contributed by atoms with Gasteiger partial charge in [0.05, 0.1) is 12.0 Å². The summed E-state index contributed by atoms with van der Waals surface area (Å²) in [5.74, 6) is 1.26. The van der Waals surface area contributed by atoms with E-state index in [-0.39, 0.29) is 0 Å². The first-order valence-corrected chi connectivity index (χ1v) is 7.85. The van der Waals surface area contributed by atoms with Crippen LogP contribution in [-0.2, 0) is 13.1 Å². The van der Waals surface area contributed by atoms with E-state index in [0.717, 1.165) is 19.6 Å². The minimum atomic E-state index is 0.586. The average Bonchev–Trinajstić information content (AvgIpc) is 2.86. The smallest absolute Gasteiger partial charge is 0.0951 e. The molecule has 0 saturated carbocycles. The first-order valence-electron chi connectivity index (χ1n) is 7.85. The molecule has 0 aliphatic carbocycles. The number of hydrogen-bond donors (Lipinski definition) is 1. The van der Waals surface area contributed by atoms with Gasteiger partial charge in [0.15, 0.2) is 0 Å². The molecule has 1 N–H and O–H groups in total. The van der Waals surface area contributed by atoms with Gasteiger partial charge in [0, 0.05) is 19.3 Å². The van der Waals surface area contributed by atoms with Gasteiger partial charge in [-0.25, -0.2) is 4.98 Å². The molecule has 0 unspecified atom stereocenters. The van der Waals surface area contributed by atoms with Crippen LogP contribution < -0.4 is 5.32 Å². The standard InChI is InChI=1S/C18H27N3/c1-14(2)9-19-10-18-11-20-13-21(18)12-16-5-7-17(8-6-16)15(3)4/h5-8,11,13-15,19H,9-10,12H2,1-4H3. The molecule has 0 saturated heterocycles. The van der Waals surface area contributed by atoms with E-state index in [0.29, 0.717) is 11.8 Å². The second-order valence-corrected chi connectivity index (χ2v) is 6.43. The second-order valence-electron chi connectivity index (χ2n) is 6.43. The fraction of sp³-hybridized carbons (Fsp3) is 0.500. The van der Waals surface area contributed by atoms with Gasteiger partial charge in [0.25, 0.3) is 0 Å². The molecule has 1 aromatic carbocycles. The molecule has 114 valence electrons. The zero-order valence-corrected chi connectivity index (χ0v) is 13.6. The van der Waals surface area contributed by atoms with E-state index in [9.17, 15) is 0 Å². The zero-order chi connectivity index (χ0) is 15.2. The van der Waals surface area contributed by atoms with Crippen molar-refractivity contribution < 1.29 is 0 Å². The number of imidazole rings is 1. The third kappa shape index (κ3) is 4.71. The molecule has 1 aromatic heterocycles. The van der Waals surface area contributed by atoms with E-state index >= 15 is 0 Å². The van der Waals surface area contributed by atoms with Crippen molar-refractivity contribution in [2.24, 2.45) is 5.92 Å². The average molecular weight is 285 g/mol. The van der Waals surface area contributed by atoms with Gasteiger partial charge in [-0.15, -0.1) is 0 Å². The molecule has 21 heavy (non-hydrogen) atoms. The topological polar surface area (TPSA) is 29.9 Å². The van der Waals surface area contributed by atoms with Crippen LogP contribution >= 0.6 is 0 Å². The maximum absolute atomic E-state index is 4.28. The molecule has 0 radical (unpaired) electrons. The highest BCUT2D eigenvalue weighted by Gasteiger charge is 2.04. The lowest BCUT2D eigenvalue weighted by atomic mass is 10.0. The van der Waals surface area contributed by atoms with Crippen molar-refractivity contribution in [3.63, 3.8) is 0 Å². The Morgan fingerprint density at radius 1 is 1.10 bits per heavy atom. The summed E-state index contributed by atoms with van der Waals surface area (Å²) < 4.78 is 2.22. The van der Waals surface area contributed by atoms with Crippen molar-refractivity contribution >= 4 is 0 Å². The molecule has 0 amide bonds. The van der Waals surface area contributed by atoms with Gasteiger partial charge in [-0.2, -0.15) is 0 Å². The van der Waals surface area contributed by atoms with Gasteiger partial charge in [0.1, 0.15) is 0 Å². The highest BCUT2D eigenvalue weighted by molar-refractivity contribution is 5.25. The molecular weight excluding hydrogens is 258 g/mol. The van der Waals surface area contributed by atoms with Crippen molar-refractivity contribution in [1.82, 2.24) is 14.9 Å². The van der Waals surface area contributed by atoms with Crippen LogP contribution in [0.25, 0.3) is 0 Å². The van der Waals surface area contributed by atoms with E-state index in [1.807, 2.05) is 12.5 Å². The quantitative estimate of drug-likeness (QED) is 0.838. The summed E-state index contributed by atoms with van der Waals surface area (Å²) in [6.07, 6.45) is 3.87. The van der Waals surface area contributed by atoms with E-state index in [2.05, 4.69) is 66.8 Å². The Kier molecular flexibility index (Phi) is 5.57. The molecule has 2 aromatic rings. The Bertz CT molecular complexity index is 538. The van der Waals surface area contributed by atoms with Gasteiger partial charge in [-0.05, 0) is 29.5 Å². The predicted molar refractivity (Wildman–Crippen MR) is 88.4 cm³/mol. The molecule has 0 aliphatic heterocycles. The van der Waals surface area contributed by atoms with Crippen molar-refractivity contribution in [3.05, 3.63) is 53.6 Å². The third-order valence-corrected chi connectivity index (χ3v) is 3.66. The predicted octanol–water partition coefficient (Wildman–Crippen LogP) is 3.80. The molecule has 0 bridgehead atoms. The molecule has 1 heterocycles. The van der Waals surface area contributed by atoms with Crippen LogP contribution in [0, 0.1) is 5.92 Å². The summed E-state index contributed by atoms with van der Waals surface area (Å²) in [6.45, 7) is 11.7. The summed E-state index contributed by atoms with van der Waals surface area (Å²) in [6, 6.07) is 8.91. The number of nitrogens with zero attached hydrogens (tertiary/aromatic N) is 2. The van der Waals surface area contributed by atoms with Gasteiger partial charge >= 0.3 is 0 Å². The van der Waals surface area contributed by atoms with Crippen LogP contribution in [-0.4, -0.2) is 16.1 Å². The highest BCUT2D eigenvalue weighted by atomic mass is 15.1. The Labute approximate surface area is 128 Å². The van der Waals surface area contributed by atoms with Crippen LogP contribution in [0.2, 0.25) is 0 Å². The summed E-state index contributed by atoms with van der Waals surface area (Å²) in [5, 5.41) is 3.48. The molecular formula is C18H27N3. The minimum Gasteiger partial charge on any atom is -0.329 e. The first-order chi connectivity index (χ1) is 10.1. The fourth-order valence-corrected chi connectivity index (χ4v) is 2.33. The van der Waals surface area contributed by atoms with Gasteiger partial charge in [-0.3, -0.25) is 0 Å². The Balaban J connectivity index is 1.98. The van der Waals surface area contributed by atoms with Crippen molar-refractivity contribution in [1.29, 1.82) is 0 Å². The molecule has 0 spiro atoms. The van der Waals surface area contributed by atoms with Crippen molar-refractivity contribution in [3.8, 4) is 0 Å². The van der Waals surface area contributed by atoms with E-state index in [4.69, 9.17) is 0 Å². The van der Waals surface area contributed by atoms with Crippen molar-refractivity contribution in [2.45, 2.75) is 46.7 Å². The lowest BCUT2D eigenvalue weighted by molar-refractivity contribution is 0.539. The summed E-state index contributed by atoms with van der Waals surface area (Å²) in [5.41, 5.74) is 3.95. The molecule has 2 rings (SSSR count). The van der Waals surface area contributed by atoms with Crippen LogP contribution in [0.3, 0.4) is 0 Å². The van der Waals surface area contributed by atoms with Crippen LogP contribution in [0.4, 0.5) is 0 Å². The minimum absolute atomic E-state index is 0.586. The van der Waals surface area contributed by atoms with Crippen LogP contribution in [0.1, 0.15) is 50.4 Å². The molecule has 0 aliphatic rings. The normalized spacial score (nSPS) is 11.5. The van der Waals surface area contributed by atoms with Crippen LogP contribution in [0.5, 0.6) is 0 Å². The number of rotatable bonds is 7. The highest BCUT2D eigenvalue weighted by Crippen LogP contribution is 2.15. The van der Waals surface area contributed by atoms with Gasteiger partial charge < -0.3 is 9.88 Å². The summed E-state index contributed by atoms with van der Waals surface area (Å²) >= 11 is 0. The fourth-order valence-electron chi connectivity index (χ4n) is 2.33. The van der Waals surface area contributed by atoms with E-state index in [1.165, 1.54) is 16.8 Å². The molecule has 0 fully saturated rings. The molecule has 3 nitrogen and oxygen atoms in total. The largest absolute Gasteiger partial charge is 0.329 e.